The fourth-order valence-corrected chi connectivity index (χ4v) is 3.13. The topological polar surface area (TPSA) is 132 Å². The van der Waals surface area contributed by atoms with E-state index in [1.807, 2.05) is 20.8 Å². The lowest BCUT2D eigenvalue weighted by Crippen LogP contribution is -2.42. The van der Waals surface area contributed by atoms with Crippen LogP contribution in [0.2, 0.25) is 0 Å². The molecule has 3 aromatic heterocycles. The van der Waals surface area contributed by atoms with Gasteiger partial charge in [0.2, 0.25) is 11.9 Å². The molecular weight excluding hydrogens is 366 g/mol. The van der Waals surface area contributed by atoms with Gasteiger partial charge in [0.1, 0.15) is 6.54 Å². The fourth-order valence-electron chi connectivity index (χ4n) is 3.13. The molecule has 0 aliphatic heterocycles. The molecule has 0 atom stereocenters. The van der Waals surface area contributed by atoms with Crippen molar-refractivity contribution in [2.24, 2.45) is 12.8 Å². The summed E-state index contributed by atoms with van der Waals surface area (Å²) in [5.74, 6) is -0.388. The first kappa shape index (κ1) is 19.5. The number of ether oxygens (including phenoxy) is 1. The molecule has 0 aliphatic rings. The Morgan fingerprint density at radius 1 is 1.18 bits per heavy atom. The van der Waals surface area contributed by atoms with Crippen LogP contribution in [0, 0.1) is 20.8 Å². The molecule has 0 aromatic carbocycles. The number of carbonyl (C=O) groups is 1. The Hall–Kier alpha value is -3.21. The Labute approximate surface area is 159 Å². The van der Waals surface area contributed by atoms with Crippen molar-refractivity contribution >= 4 is 17.1 Å². The number of methoxy groups -OCH3 is 1. The molecule has 0 saturated carbocycles. The summed E-state index contributed by atoms with van der Waals surface area (Å²) in [5, 5.41) is 4.52. The zero-order chi connectivity index (χ0) is 20.7. The summed E-state index contributed by atoms with van der Waals surface area (Å²) in [6.07, 6.45) is 0. The summed E-state index contributed by atoms with van der Waals surface area (Å²) in [6.45, 7) is 5.85. The van der Waals surface area contributed by atoms with Gasteiger partial charge < -0.3 is 15.0 Å². The van der Waals surface area contributed by atoms with Gasteiger partial charge in [-0.15, -0.1) is 0 Å². The summed E-state index contributed by atoms with van der Waals surface area (Å²) < 4.78 is 10.5. The zero-order valence-corrected chi connectivity index (χ0v) is 16.5. The third-order valence-corrected chi connectivity index (χ3v) is 4.89. The quantitative estimate of drug-likeness (QED) is 0.583. The molecule has 0 radical (unpaired) electrons. The first-order valence-corrected chi connectivity index (χ1v) is 8.69. The number of primary amides is 1. The van der Waals surface area contributed by atoms with Crippen molar-refractivity contribution in [3.05, 3.63) is 37.8 Å². The highest BCUT2D eigenvalue weighted by molar-refractivity contribution is 5.75. The highest BCUT2D eigenvalue weighted by Crippen LogP contribution is 2.19. The number of nitrogens with two attached hydrogens (primary N) is 1. The number of amides is 1. The maximum atomic E-state index is 13.0. The van der Waals surface area contributed by atoms with Crippen molar-refractivity contribution in [3.63, 3.8) is 0 Å². The lowest BCUT2D eigenvalue weighted by molar-refractivity contribution is -0.118. The molecule has 11 nitrogen and oxygen atoms in total. The minimum absolute atomic E-state index is 0.181. The van der Waals surface area contributed by atoms with E-state index in [4.69, 9.17) is 10.5 Å². The van der Waals surface area contributed by atoms with Crippen LogP contribution in [0.25, 0.3) is 17.1 Å². The van der Waals surface area contributed by atoms with Gasteiger partial charge in [-0.25, -0.2) is 14.0 Å². The molecule has 0 fully saturated rings. The van der Waals surface area contributed by atoms with Gasteiger partial charge in [-0.05, 0) is 26.3 Å². The molecule has 0 saturated heterocycles. The van der Waals surface area contributed by atoms with E-state index in [1.165, 1.54) is 11.6 Å². The zero-order valence-electron chi connectivity index (χ0n) is 16.5. The summed E-state index contributed by atoms with van der Waals surface area (Å²) in [4.78, 5) is 41.5. The lowest BCUT2D eigenvalue weighted by atomic mass is 10.2. The first-order valence-electron chi connectivity index (χ1n) is 8.69. The average Bonchev–Trinajstić information content (AvgIpc) is 3.14. The van der Waals surface area contributed by atoms with Crippen LogP contribution >= 0.6 is 0 Å². The van der Waals surface area contributed by atoms with Crippen molar-refractivity contribution in [1.82, 2.24) is 28.5 Å². The molecule has 11 heteroatoms. The smallest absolute Gasteiger partial charge is 0.332 e. The molecule has 0 bridgehead atoms. The highest BCUT2D eigenvalue weighted by atomic mass is 16.5. The maximum absolute atomic E-state index is 13.0. The lowest BCUT2D eigenvalue weighted by Gasteiger charge is -2.10. The second-order valence-electron chi connectivity index (χ2n) is 6.64. The third kappa shape index (κ3) is 2.93. The molecule has 3 heterocycles. The predicted molar refractivity (Wildman–Crippen MR) is 102 cm³/mol. The van der Waals surface area contributed by atoms with E-state index in [9.17, 15) is 14.4 Å². The first-order chi connectivity index (χ1) is 13.2. The van der Waals surface area contributed by atoms with Gasteiger partial charge in [-0.1, -0.05) is 0 Å². The largest absolute Gasteiger partial charge is 0.383 e. The van der Waals surface area contributed by atoms with Gasteiger partial charge in [0.15, 0.2) is 11.2 Å². The molecule has 1 amide bonds. The SMILES string of the molecule is COCCn1c(-n2nc(C)c(C)c2C)nc2c1c(=O)n(CC(N)=O)c(=O)n2C. The molecule has 150 valence electrons. The van der Waals surface area contributed by atoms with Gasteiger partial charge in [0, 0.05) is 26.4 Å². The second-order valence-corrected chi connectivity index (χ2v) is 6.64. The van der Waals surface area contributed by atoms with Gasteiger partial charge in [0.25, 0.3) is 5.56 Å². The molecule has 0 spiro atoms. The number of carbonyl (C=O) groups excluding carboxylic acids is 1. The Morgan fingerprint density at radius 2 is 1.86 bits per heavy atom. The number of aromatic nitrogens is 6. The maximum Gasteiger partial charge on any atom is 0.332 e. The van der Waals surface area contributed by atoms with Gasteiger partial charge >= 0.3 is 5.69 Å². The Morgan fingerprint density at radius 3 is 2.39 bits per heavy atom. The molecule has 28 heavy (non-hydrogen) atoms. The van der Waals surface area contributed by atoms with Crippen LogP contribution in [0.15, 0.2) is 9.59 Å². The van der Waals surface area contributed by atoms with Crippen LogP contribution in [-0.2, 0) is 29.7 Å². The fraction of sp³-hybridized carbons (Fsp3) is 0.471. The van der Waals surface area contributed by atoms with Crippen LogP contribution in [-0.4, -0.2) is 48.1 Å². The number of hydrogen-bond acceptors (Lipinski definition) is 6. The Balaban J connectivity index is 2.43. The van der Waals surface area contributed by atoms with E-state index < -0.39 is 23.7 Å². The summed E-state index contributed by atoms with van der Waals surface area (Å²) in [5.41, 5.74) is 7.00. The van der Waals surface area contributed by atoms with Crippen LogP contribution in [0.3, 0.4) is 0 Å². The minimum atomic E-state index is -0.782. The van der Waals surface area contributed by atoms with Gasteiger partial charge in [-0.2, -0.15) is 10.1 Å². The van der Waals surface area contributed by atoms with E-state index in [0.29, 0.717) is 19.1 Å². The van der Waals surface area contributed by atoms with Gasteiger partial charge in [-0.3, -0.25) is 14.2 Å². The van der Waals surface area contributed by atoms with Gasteiger partial charge in [0.05, 0.1) is 12.3 Å². The number of aryl methyl sites for hydroxylation is 2. The number of rotatable bonds is 6. The number of imidazole rings is 1. The number of hydrogen-bond donors (Lipinski definition) is 1. The number of fused-ring (bicyclic) bond motifs is 1. The molecule has 0 unspecified atom stereocenters. The van der Waals surface area contributed by atoms with Crippen molar-refractivity contribution in [2.75, 3.05) is 13.7 Å². The highest BCUT2D eigenvalue weighted by Gasteiger charge is 2.23. The van der Waals surface area contributed by atoms with Crippen molar-refractivity contribution in [1.29, 1.82) is 0 Å². The average molecular weight is 389 g/mol. The summed E-state index contributed by atoms with van der Waals surface area (Å²) in [7, 11) is 3.04. The second kappa shape index (κ2) is 7.08. The Kier molecular flexibility index (Phi) is 4.94. The number of nitrogens with zero attached hydrogens (tertiary/aromatic N) is 6. The van der Waals surface area contributed by atoms with E-state index in [0.717, 1.165) is 21.5 Å². The van der Waals surface area contributed by atoms with Crippen molar-refractivity contribution < 1.29 is 9.53 Å². The Bertz CT molecular complexity index is 1200. The van der Waals surface area contributed by atoms with Crippen LogP contribution in [0.4, 0.5) is 0 Å². The standard InChI is InChI=1S/C17H23N7O4/c1-9-10(2)20-24(11(9)3)16-19-14-13(22(16)6-7-28-5)15(26)23(8-12(18)25)17(27)21(14)4/h6-8H2,1-5H3,(H2,18,25). The van der Waals surface area contributed by atoms with E-state index in [-0.39, 0.29) is 11.2 Å². The van der Waals surface area contributed by atoms with Crippen LogP contribution in [0.1, 0.15) is 17.0 Å². The molecule has 0 aliphatic carbocycles. The van der Waals surface area contributed by atoms with Crippen LogP contribution < -0.4 is 17.0 Å². The monoisotopic (exact) mass is 389 g/mol. The summed E-state index contributed by atoms with van der Waals surface area (Å²) >= 11 is 0. The molecule has 3 rings (SSSR count). The summed E-state index contributed by atoms with van der Waals surface area (Å²) in [6, 6.07) is 0. The van der Waals surface area contributed by atoms with Crippen molar-refractivity contribution in [2.45, 2.75) is 33.9 Å². The predicted octanol–water partition coefficient (Wildman–Crippen LogP) is -0.861. The molecule has 2 N–H and O–H groups in total. The third-order valence-electron chi connectivity index (χ3n) is 4.89. The normalized spacial score (nSPS) is 11.5. The molecular formula is C17H23N7O4. The van der Waals surface area contributed by atoms with Crippen LogP contribution in [0.5, 0.6) is 0 Å². The minimum Gasteiger partial charge on any atom is -0.383 e. The molecule has 3 aromatic rings. The van der Waals surface area contributed by atoms with E-state index >= 15 is 0 Å². The van der Waals surface area contributed by atoms with E-state index in [1.54, 1.807) is 16.4 Å². The van der Waals surface area contributed by atoms with E-state index in [2.05, 4.69) is 10.1 Å². The van der Waals surface area contributed by atoms with Crippen molar-refractivity contribution in [3.8, 4) is 5.95 Å².